The highest BCUT2D eigenvalue weighted by atomic mass is 16.5. The molecule has 0 spiro atoms. The van der Waals surface area contributed by atoms with Crippen LogP contribution in [0.2, 0.25) is 0 Å². The molecule has 2 aromatic carbocycles. The maximum atomic E-state index is 12.4. The molecule has 0 bridgehead atoms. The van der Waals surface area contributed by atoms with Gasteiger partial charge in [0.15, 0.2) is 0 Å². The predicted molar refractivity (Wildman–Crippen MR) is 196 cm³/mol. The number of esters is 2. The Balaban J connectivity index is 0.000000194. The van der Waals surface area contributed by atoms with Crippen LogP contribution < -0.4 is 0 Å². The first-order chi connectivity index (χ1) is 23.8. The molecule has 0 saturated heterocycles. The van der Waals surface area contributed by atoms with Gasteiger partial charge in [0.1, 0.15) is 24.7 Å². The Morgan fingerprint density at radius 2 is 0.960 bits per heavy atom. The van der Waals surface area contributed by atoms with Crippen LogP contribution in [0, 0.1) is 34.5 Å². The molecule has 264 valence electrons. The molecule has 0 N–H and O–H groups in total. The summed E-state index contributed by atoms with van der Waals surface area (Å²) >= 11 is 0. The van der Waals surface area contributed by atoms with E-state index in [-0.39, 0.29) is 59.7 Å². The summed E-state index contributed by atoms with van der Waals surface area (Å²) in [6.07, 6.45) is 9.21. The lowest BCUT2D eigenvalue weighted by Gasteiger charge is -2.03. The second-order valence-corrected chi connectivity index (χ2v) is 15.5. The maximum Gasteiger partial charge on any atom is 0.310 e. The Hall–Kier alpha value is -4.58. The number of furan rings is 2. The number of hydrogen-bond acceptors (Lipinski definition) is 6. The summed E-state index contributed by atoms with van der Waals surface area (Å²) in [5.74, 6) is 2.01. The van der Waals surface area contributed by atoms with Crippen molar-refractivity contribution in [3.8, 4) is 0 Å². The second kappa shape index (κ2) is 15.5. The molecule has 0 radical (unpaired) electrons. The Labute approximate surface area is 297 Å². The zero-order chi connectivity index (χ0) is 36.1. The number of ether oxygens (including phenoxy) is 2. The predicted octanol–water partition coefficient (Wildman–Crippen LogP) is 10.3. The van der Waals surface area contributed by atoms with Gasteiger partial charge in [0, 0.05) is 24.0 Å². The lowest BCUT2D eigenvalue weighted by molar-refractivity contribution is -0.148. The summed E-state index contributed by atoms with van der Waals surface area (Å²) in [6, 6.07) is 24.3. The molecule has 2 aliphatic rings. The van der Waals surface area contributed by atoms with Crippen molar-refractivity contribution >= 4 is 11.9 Å². The first kappa shape index (κ1) is 36.7. The summed E-state index contributed by atoms with van der Waals surface area (Å²) in [4.78, 5) is 24.8. The van der Waals surface area contributed by atoms with Gasteiger partial charge >= 0.3 is 11.9 Å². The zero-order valence-corrected chi connectivity index (χ0v) is 30.8. The Kier molecular flexibility index (Phi) is 11.4. The van der Waals surface area contributed by atoms with Crippen molar-refractivity contribution in [2.75, 3.05) is 0 Å². The van der Waals surface area contributed by atoms with Crippen LogP contribution in [0.25, 0.3) is 0 Å². The standard InChI is InChI=1S/2C22H26O3/c2*1-15(2)10-19-20(22(19,3)4)21(23)25-14-17-12-18(24-13-17)11-16-8-6-5-7-9-16/h2*5-10,12-13,19-20H,11,14H2,1-4H3/t19-,20-;/m0./s1. The van der Waals surface area contributed by atoms with Crippen molar-refractivity contribution in [1.29, 1.82) is 0 Å². The number of rotatable bonds is 12. The van der Waals surface area contributed by atoms with Crippen molar-refractivity contribution in [1.82, 2.24) is 0 Å². The number of benzene rings is 2. The number of hydrogen-bond donors (Lipinski definition) is 0. The maximum absolute atomic E-state index is 12.4. The third kappa shape index (κ3) is 9.35. The van der Waals surface area contributed by atoms with E-state index in [0.717, 1.165) is 35.5 Å². The van der Waals surface area contributed by atoms with E-state index < -0.39 is 0 Å². The van der Waals surface area contributed by atoms with Crippen LogP contribution in [0.5, 0.6) is 0 Å². The molecule has 2 unspecified atom stereocenters. The van der Waals surface area contributed by atoms with Gasteiger partial charge in [-0.15, -0.1) is 0 Å². The van der Waals surface area contributed by atoms with Gasteiger partial charge in [0.05, 0.1) is 24.4 Å². The third-order valence-corrected chi connectivity index (χ3v) is 9.98. The second-order valence-electron chi connectivity index (χ2n) is 15.5. The molecule has 4 aromatic rings. The summed E-state index contributed by atoms with van der Waals surface area (Å²) in [5.41, 5.74) is 6.66. The number of carbonyl (C=O) groups is 2. The Bertz CT molecular complexity index is 1660. The van der Waals surface area contributed by atoms with Gasteiger partial charge in [0.2, 0.25) is 0 Å². The summed E-state index contributed by atoms with van der Waals surface area (Å²) in [6.45, 7) is 17.3. The van der Waals surface area contributed by atoms with Gasteiger partial charge < -0.3 is 18.3 Å². The fraction of sp³-hybridized carbons (Fsp3) is 0.409. The monoisotopic (exact) mass is 676 g/mol. The van der Waals surface area contributed by atoms with E-state index in [9.17, 15) is 9.59 Å². The largest absolute Gasteiger partial charge is 0.469 e. The minimum Gasteiger partial charge on any atom is -0.469 e. The van der Waals surface area contributed by atoms with Crippen LogP contribution in [0.4, 0.5) is 0 Å². The van der Waals surface area contributed by atoms with Crippen LogP contribution in [0.3, 0.4) is 0 Å². The van der Waals surface area contributed by atoms with Gasteiger partial charge in [-0.2, -0.15) is 0 Å². The van der Waals surface area contributed by atoms with Gasteiger partial charge in [-0.25, -0.2) is 0 Å². The highest BCUT2D eigenvalue weighted by Gasteiger charge is 2.62. The zero-order valence-electron chi connectivity index (χ0n) is 30.8. The van der Waals surface area contributed by atoms with E-state index in [1.807, 2.05) is 48.5 Å². The van der Waals surface area contributed by atoms with E-state index in [1.165, 1.54) is 22.3 Å². The van der Waals surface area contributed by atoms with Crippen molar-refractivity contribution in [2.24, 2.45) is 34.5 Å². The summed E-state index contributed by atoms with van der Waals surface area (Å²) < 4.78 is 22.3. The van der Waals surface area contributed by atoms with Crippen LogP contribution >= 0.6 is 0 Å². The lowest BCUT2D eigenvalue weighted by Crippen LogP contribution is -2.10. The minimum atomic E-state index is -0.113. The average molecular weight is 677 g/mol. The molecule has 6 rings (SSSR count). The smallest absolute Gasteiger partial charge is 0.310 e. The first-order valence-corrected chi connectivity index (χ1v) is 17.6. The van der Waals surface area contributed by atoms with E-state index in [2.05, 4.69) is 91.8 Å². The summed E-state index contributed by atoms with van der Waals surface area (Å²) in [7, 11) is 0. The van der Waals surface area contributed by atoms with Crippen LogP contribution in [-0.2, 0) is 45.1 Å². The van der Waals surface area contributed by atoms with Crippen molar-refractivity contribution < 1.29 is 27.9 Å². The lowest BCUT2D eigenvalue weighted by atomic mass is 10.1. The highest BCUT2D eigenvalue weighted by Crippen LogP contribution is 2.60. The minimum absolute atomic E-state index is 0.0107. The van der Waals surface area contributed by atoms with E-state index in [0.29, 0.717) is 0 Å². The topological polar surface area (TPSA) is 78.9 Å². The van der Waals surface area contributed by atoms with E-state index in [4.69, 9.17) is 18.3 Å². The van der Waals surface area contributed by atoms with Crippen LogP contribution in [-0.4, -0.2) is 11.9 Å². The number of carbonyl (C=O) groups excluding carboxylic acids is 2. The molecule has 2 aliphatic carbocycles. The van der Waals surface area contributed by atoms with Gasteiger partial charge in [-0.05, 0) is 73.6 Å². The van der Waals surface area contributed by atoms with Crippen LogP contribution in [0.1, 0.15) is 89.2 Å². The molecule has 2 aromatic heterocycles. The Morgan fingerprint density at radius 1 is 0.600 bits per heavy atom. The molecule has 2 saturated carbocycles. The van der Waals surface area contributed by atoms with E-state index >= 15 is 0 Å². The Morgan fingerprint density at radius 3 is 1.30 bits per heavy atom. The van der Waals surface area contributed by atoms with Crippen molar-refractivity contribution in [3.63, 3.8) is 0 Å². The van der Waals surface area contributed by atoms with Gasteiger partial charge in [0.25, 0.3) is 0 Å². The molecule has 0 aliphatic heterocycles. The molecule has 50 heavy (non-hydrogen) atoms. The fourth-order valence-electron chi connectivity index (χ4n) is 6.87. The molecular weight excluding hydrogens is 624 g/mol. The molecule has 6 heteroatoms. The fourth-order valence-corrected chi connectivity index (χ4v) is 6.87. The molecule has 4 atom stereocenters. The van der Waals surface area contributed by atoms with Crippen molar-refractivity contribution in [3.05, 3.63) is 142 Å². The quantitative estimate of drug-likeness (QED) is 0.110. The van der Waals surface area contributed by atoms with Crippen LogP contribution in [0.15, 0.2) is 117 Å². The first-order valence-electron chi connectivity index (χ1n) is 17.6. The van der Waals surface area contributed by atoms with Crippen molar-refractivity contribution in [2.45, 2.75) is 81.4 Å². The SMILES string of the molecule is CC(C)=CC1C(C(=O)OCc2coc(Cc3ccccc3)c2)C1(C)C.CC(C)=C[C@H]1[C@@H](C(=O)OCc2coc(Cc3ccccc3)c2)C1(C)C. The highest BCUT2D eigenvalue weighted by molar-refractivity contribution is 5.79. The summed E-state index contributed by atoms with van der Waals surface area (Å²) in [5, 5.41) is 0. The van der Waals surface area contributed by atoms with Gasteiger partial charge in [-0.1, -0.05) is 112 Å². The van der Waals surface area contributed by atoms with E-state index in [1.54, 1.807) is 12.5 Å². The molecule has 2 heterocycles. The molecule has 6 nitrogen and oxygen atoms in total. The molecular formula is C44H52O6. The molecule has 0 amide bonds. The third-order valence-electron chi connectivity index (χ3n) is 9.98. The normalized spacial score (nSPS) is 20.8. The number of allylic oxidation sites excluding steroid dienone is 4. The van der Waals surface area contributed by atoms with Gasteiger partial charge in [-0.3, -0.25) is 9.59 Å². The average Bonchev–Trinajstić information content (AvgIpc) is 3.51. The molecule has 2 fully saturated rings.